The molecular weight excluding hydrogens is 340 g/mol. The fraction of sp³-hybridized carbons (Fsp3) is 0.0909. The zero-order chi connectivity index (χ0) is 19.1. The number of anilines is 2. The monoisotopic (exact) mass is 360 g/mol. The second-order valence-electron chi connectivity index (χ2n) is 5.97. The molecule has 0 unspecified atom stereocenters. The summed E-state index contributed by atoms with van der Waals surface area (Å²) >= 11 is 0. The Morgan fingerprint density at radius 1 is 0.778 bits per heavy atom. The first kappa shape index (κ1) is 18.2. The van der Waals surface area contributed by atoms with Gasteiger partial charge in [-0.3, -0.25) is 9.59 Å². The third-order valence-electron chi connectivity index (χ3n) is 3.99. The molecule has 0 aliphatic heterocycles. The van der Waals surface area contributed by atoms with Gasteiger partial charge in [0, 0.05) is 16.9 Å². The molecule has 27 heavy (non-hydrogen) atoms. The third kappa shape index (κ3) is 5.19. The molecule has 2 N–H and O–H groups in total. The average Bonchev–Trinajstić information content (AvgIpc) is 2.70. The highest BCUT2D eigenvalue weighted by atomic mass is 16.5. The molecule has 136 valence electrons. The minimum Gasteiger partial charge on any atom is -0.497 e. The Morgan fingerprint density at radius 2 is 1.37 bits per heavy atom. The second-order valence-corrected chi connectivity index (χ2v) is 5.97. The Morgan fingerprint density at radius 3 is 1.96 bits per heavy atom. The van der Waals surface area contributed by atoms with Gasteiger partial charge in [-0.25, -0.2) is 0 Å². The molecule has 2 amide bonds. The van der Waals surface area contributed by atoms with Gasteiger partial charge in [0.1, 0.15) is 5.75 Å². The number of carbonyl (C=O) groups is 2. The van der Waals surface area contributed by atoms with E-state index in [1.165, 1.54) is 0 Å². The van der Waals surface area contributed by atoms with Gasteiger partial charge in [-0.15, -0.1) is 0 Å². The number of ether oxygens (including phenoxy) is 1. The number of methoxy groups -OCH3 is 1. The van der Waals surface area contributed by atoms with E-state index in [1.54, 1.807) is 55.6 Å². The molecule has 3 aromatic rings. The van der Waals surface area contributed by atoms with Crippen molar-refractivity contribution in [2.75, 3.05) is 17.7 Å². The van der Waals surface area contributed by atoms with Crippen LogP contribution in [0.4, 0.5) is 11.4 Å². The summed E-state index contributed by atoms with van der Waals surface area (Å²) in [6, 6.07) is 23.4. The quantitative estimate of drug-likeness (QED) is 0.695. The number of carbonyl (C=O) groups excluding carboxylic acids is 2. The fourth-order valence-electron chi connectivity index (χ4n) is 2.57. The first-order valence-corrected chi connectivity index (χ1v) is 8.53. The number of benzene rings is 3. The molecule has 0 aliphatic rings. The largest absolute Gasteiger partial charge is 0.497 e. The molecule has 0 aliphatic carbocycles. The van der Waals surface area contributed by atoms with E-state index in [4.69, 9.17) is 4.74 Å². The average molecular weight is 360 g/mol. The molecule has 0 saturated carbocycles. The van der Waals surface area contributed by atoms with Crippen LogP contribution >= 0.6 is 0 Å². The van der Waals surface area contributed by atoms with Gasteiger partial charge in [0.25, 0.3) is 5.91 Å². The van der Waals surface area contributed by atoms with E-state index in [0.717, 1.165) is 5.56 Å². The molecule has 0 radical (unpaired) electrons. The van der Waals surface area contributed by atoms with E-state index in [9.17, 15) is 9.59 Å². The van der Waals surface area contributed by atoms with Crippen LogP contribution in [0.2, 0.25) is 0 Å². The summed E-state index contributed by atoms with van der Waals surface area (Å²) in [5.41, 5.74) is 2.82. The lowest BCUT2D eigenvalue weighted by Crippen LogP contribution is -2.14. The van der Waals surface area contributed by atoms with Crippen LogP contribution in [-0.4, -0.2) is 18.9 Å². The second kappa shape index (κ2) is 8.67. The van der Waals surface area contributed by atoms with Gasteiger partial charge in [0.2, 0.25) is 5.91 Å². The molecule has 3 aromatic carbocycles. The molecule has 0 saturated heterocycles. The summed E-state index contributed by atoms with van der Waals surface area (Å²) in [5.74, 6) is 0.400. The summed E-state index contributed by atoms with van der Waals surface area (Å²) in [7, 11) is 1.58. The van der Waals surface area contributed by atoms with Crippen LogP contribution in [0, 0.1) is 0 Å². The number of hydrogen-bond acceptors (Lipinski definition) is 3. The molecule has 3 rings (SSSR count). The van der Waals surface area contributed by atoms with Crippen molar-refractivity contribution in [2.24, 2.45) is 0 Å². The topological polar surface area (TPSA) is 67.4 Å². The van der Waals surface area contributed by atoms with E-state index in [-0.39, 0.29) is 11.8 Å². The first-order valence-electron chi connectivity index (χ1n) is 8.53. The maximum absolute atomic E-state index is 12.3. The summed E-state index contributed by atoms with van der Waals surface area (Å²) < 4.78 is 5.08. The highest BCUT2D eigenvalue weighted by Crippen LogP contribution is 2.16. The van der Waals surface area contributed by atoms with Crippen LogP contribution in [0.3, 0.4) is 0 Å². The Kier molecular flexibility index (Phi) is 5.84. The van der Waals surface area contributed by atoms with Gasteiger partial charge in [-0.1, -0.05) is 30.3 Å². The predicted octanol–water partition coefficient (Wildman–Crippen LogP) is 4.13. The van der Waals surface area contributed by atoms with Gasteiger partial charge >= 0.3 is 0 Å². The molecule has 5 nitrogen and oxygen atoms in total. The summed E-state index contributed by atoms with van der Waals surface area (Å²) in [4.78, 5) is 24.3. The molecule has 0 atom stereocenters. The number of hydrogen-bond donors (Lipinski definition) is 2. The van der Waals surface area contributed by atoms with Crippen molar-refractivity contribution in [3.05, 3.63) is 90.0 Å². The van der Waals surface area contributed by atoms with E-state index in [2.05, 4.69) is 10.6 Å². The first-order chi connectivity index (χ1) is 13.1. The van der Waals surface area contributed by atoms with Crippen molar-refractivity contribution in [1.29, 1.82) is 0 Å². The van der Waals surface area contributed by atoms with Crippen molar-refractivity contribution in [2.45, 2.75) is 6.42 Å². The van der Waals surface area contributed by atoms with Gasteiger partial charge < -0.3 is 15.4 Å². The number of rotatable bonds is 6. The summed E-state index contributed by atoms with van der Waals surface area (Å²) in [6.45, 7) is 0. The fourth-order valence-corrected chi connectivity index (χ4v) is 2.57. The Hall–Kier alpha value is -3.60. The third-order valence-corrected chi connectivity index (χ3v) is 3.99. The van der Waals surface area contributed by atoms with Gasteiger partial charge in [0.15, 0.2) is 0 Å². The van der Waals surface area contributed by atoms with Crippen LogP contribution in [0.15, 0.2) is 78.9 Å². The zero-order valence-corrected chi connectivity index (χ0v) is 14.9. The van der Waals surface area contributed by atoms with Crippen LogP contribution in [0.1, 0.15) is 15.9 Å². The molecule has 0 fully saturated rings. The standard InChI is InChI=1S/C22H20N2O3/c1-27-20-13-7-17(8-14-20)22(26)24-19-11-9-18(10-12-19)23-21(25)15-16-5-3-2-4-6-16/h2-14H,15H2,1H3,(H,23,25)(H,24,26). The molecule has 0 aromatic heterocycles. The van der Waals surface area contributed by atoms with Crippen LogP contribution in [-0.2, 0) is 11.2 Å². The Bertz CT molecular complexity index is 905. The van der Waals surface area contributed by atoms with Gasteiger partial charge in [0.05, 0.1) is 13.5 Å². The van der Waals surface area contributed by atoms with E-state index >= 15 is 0 Å². The maximum atomic E-state index is 12.3. The summed E-state index contributed by atoms with van der Waals surface area (Å²) in [5, 5.41) is 5.67. The van der Waals surface area contributed by atoms with Crippen molar-refractivity contribution < 1.29 is 14.3 Å². The molecule has 0 heterocycles. The Labute approximate surface area is 158 Å². The number of nitrogens with one attached hydrogen (secondary N) is 2. The zero-order valence-electron chi connectivity index (χ0n) is 14.9. The van der Waals surface area contributed by atoms with Crippen molar-refractivity contribution in [3.63, 3.8) is 0 Å². The smallest absolute Gasteiger partial charge is 0.255 e. The van der Waals surface area contributed by atoms with E-state index in [0.29, 0.717) is 29.1 Å². The van der Waals surface area contributed by atoms with Gasteiger partial charge in [-0.2, -0.15) is 0 Å². The highest BCUT2D eigenvalue weighted by molar-refractivity contribution is 6.04. The van der Waals surface area contributed by atoms with Crippen LogP contribution in [0.25, 0.3) is 0 Å². The minimum atomic E-state index is -0.210. The molecule has 0 bridgehead atoms. The summed E-state index contributed by atoms with van der Waals surface area (Å²) in [6.07, 6.45) is 0.316. The van der Waals surface area contributed by atoms with Crippen LogP contribution < -0.4 is 15.4 Å². The van der Waals surface area contributed by atoms with E-state index in [1.807, 2.05) is 30.3 Å². The molecular formula is C22H20N2O3. The minimum absolute atomic E-state index is 0.0868. The Balaban J connectivity index is 1.56. The number of amides is 2. The maximum Gasteiger partial charge on any atom is 0.255 e. The molecule has 5 heteroatoms. The van der Waals surface area contributed by atoms with Crippen molar-refractivity contribution in [1.82, 2.24) is 0 Å². The van der Waals surface area contributed by atoms with E-state index < -0.39 is 0 Å². The molecule has 0 spiro atoms. The van der Waals surface area contributed by atoms with Crippen molar-refractivity contribution in [3.8, 4) is 5.75 Å². The normalized spacial score (nSPS) is 10.1. The lowest BCUT2D eigenvalue weighted by atomic mass is 10.1. The SMILES string of the molecule is COc1ccc(C(=O)Nc2ccc(NC(=O)Cc3ccccc3)cc2)cc1. The van der Waals surface area contributed by atoms with Crippen LogP contribution in [0.5, 0.6) is 5.75 Å². The lowest BCUT2D eigenvalue weighted by Gasteiger charge is -2.08. The predicted molar refractivity (Wildman–Crippen MR) is 106 cm³/mol. The van der Waals surface area contributed by atoms with Crippen molar-refractivity contribution >= 4 is 23.2 Å². The van der Waals surface area contributed by atoms with Gasteiger partial charge in [-0.05, 0) is 54.1 Å². The highest BCUT2D eigenvalue weighted by Gasteiger charge is 2.07. The lowest BCUT2D eigenvalue weighted by molar-refractivity contribution is -0.115.